The highest BCUT2D eigenvalue weighted by molar-refractivity contribution is 5.98. The second-order valence-corrected chi connectivity index (χ2v) is 8.37. The molecular weight excluding hydrogens is 487 g/mol. The minimum Gasteiger partial charge on any atom is -0.352 e. The Morgan fingerprint density at radius 1 is 1.22 bits per heavy atom. The SMILES string of the molecule is C[C@@H]1CC(F)(F)CN(C(=O)c2cc(C#N)ccc2-n2nccn2)C1CNc1ncc(C(F)(F)F)cn1. The minimum atomic E-state index is -4.61. The van der Waals surface area contributed by atoms with Gasteiger partial charge in [0, 0.05) is 25.4 Å². The standard InChI is InChI=1S/C22H19F5N8O/c1-13-7-21(23,24)12-34(18(13)11-31-20-29-9-15(10-30-20)22(25,26)27)19(36)16-6-14(8-28)2-3-17(16)35-32-4-5-33-35/h2-6,9-10,13,18H,7,11-12H2,1H3,(H,29,30,31)/t13-,18?/m1/s1. The van der Waals surface area contributed by atoms with Crippen molar-refractivity contribution < 1.29 is 26.7 Å². The molecule has 1 saturated heterocycles. The van der Waals surface area contributed by atoms with E-state index in [1.165, 1.54) is 30.6 Å². The maximum Gasteiger partial charge on any atom is 0.419 e. The van der Waals surface area contributed by atoms with Crippen molar-refractivity contribution in [2.24, 2.45) is 5.92 Å². The van der Waals surface area contributed by atoms with Gasteiger partial charge in [0.2, 0.25) is 5.95 Å². The summed E-state index contributed by atoms with van der Waals surface area (Å²) in [4.78, 5) is 23.0. The number of hydrogen-bond donors (Lipinski definition) is 1. The number of alkyl halides is 5. The molecule has 0 spiro atoms. The fourth-order valence-corrected chi connectivity index (χ4v) is 4.09. The van der Waals surface area contributed by atoms with Gasteiger partial charge in [-0.1, -0.05) is 6.92 Å². The zero-order chi connectivity index (χ0) is 26.1. The first-order chi connectivity index (χ1) is 17.0. The molecule has 0 saturated carbocycles. The van der Waals surface area contributed by atoms with Gasteiger partial charge in [-0.05, 0) is 24.1 Å². The van der Waals surface area contributed by atoms with Crippen molar-refractivity contribution in [1.82, 2.24) is 29.9 Å². The summed E-state index contributed by atoms with van der Waals surface area (Å²) in [5, 5.41) is 20.0. The van der Waals surface area contributed by atoms with Crippen LogP contribution in [0, 0.1) is 17.2 Å². The molecule has 2 atom stereocenters. The van der Waals surface area contributed by atoms with Crippen molar-refractivity contribution in [1.29, 1.82) is 5.26 Å². The van der Waals surface area contributed by atoms with Gasteiger partial charge in [0.25, 0.3) is 11.8 Å². The normalized spacial score (nSPS) is 19.5. The Morgan fingerprint density at radius 3 is 2.50 bits per heavy atom. The molecule has 1 amide bonds. The molecule has 14 heteroatoms. The highest BCUT2D eigenvalue weighted by atomic mass is 19.4. The molecule has 1 aromatic carbocycles. The van der Waals surface area contributed by atoms with Crippen molar-refractivity contribution in [2.45, 2.75) is 31.5 Å². The number of rotatable bonds is 5. The lowest BCUT2D eigenvalue weighted by atomic mass is 9.87. The number of piperidine rings is 1. The van der Waals surface area contributed by atoms with Crippen LogP contribution in [-0.2, 0) is 6.18 Å². The van der Waals surface area contributed by atoms with E-state index in [0.29, 0.717) is 12.4 Å². The molecule has 36 heavy (non-hydrogen) atoms. The summed E-state index contributed by atoms with van der Waals surface area (Å²) in [6.07, 6.45) is -1.14. The van der Waals surface area contributed by atoms with Crippen LogP contribution in [0.3, 0.4) is 0 Å². The second kappa shape index (κ2) is 9.48. The molecule has 1 fully saturated rings. The van der Waals surface area contributed by atoms with Gasteiger partial charge in [-0.15, -0.1) is 0 Å². The maximum atomic E-state index is 14.6. The Bertz CT molecular complexity index is 1270. The average molecular weight is 506 g/mol. The minimum absolute atomic E-state index is 0.0501. The fourth-order valence-electron chi connectivity index (χ4n) is 4.09. The summed E-state index contributed by atoms with van der Waals surface area (Å²) in [7, 11) is 0. The summed E-state index contributed by atoms with van der Waals surface area (Å²) in [5.41, 5.74) is -0.749. The van der Waals surface area contributed by atoms with E-state index in [1.54, 1.807) is 6.92 Å². The van der Waals surface area contributed by atoms with Crippen LogP contribution >= 0.6 is 0 Å². The smallest absolute Gasteiger partial charge is 0.352 e. The van der Waals surface area contributed by atoms with E-state index in [1.807, 2.05) is 6.07 Å². The number of aromatic nitrogens is 5. The molecule has 1 aliphatic heterocycles. The average Bonchev–Trinajstić information content (AvgIpc) is 3.36. The van der Waals surface area contributed by atoms with E-state index in [0.717, 1.165) is 9.70 Å². The summed E-state index contributed by atoms with van der Waals surface area (Å²) < 4.78 is 67.4. The lowest BCUT2D eigenvalue weighted by Crippen LogP contribution is -2.57. The molecule has 0 radical (unpaired) electrons. The zero-order valence-corrected chi connectivity index (χ0v) is 18.7. The fraction of sp³-hybridized carbons (Fsp3) is 0.364. The molecule has 1 unspecified atom stereocenters. The molecule has 0 bridgehead atoms. The van der Waals surface area contributed by atoms with Crippen LogP contribution in [0.1, 0.15) is 34.8 Å². The molecular formula is C22H19F5N8O. The maximum absolute atomic E-state index is 14.6. The monoisotopic (exact) mass is 506 g/mol. The van der Waals surface area contributed by atoms with Crippen molar-refractivity contribution in [3.63, 3.8) is 0 Å². The Morgan fingerprint density at radius 2 is 1.89 bits per heavy atom. The van der Waals surface area contributed by atoms with Crippen molar-refractivity contribution in [3.8, 4) is 11.8 Å². The summed E-state index contributed by atoms with van der Waals surface area (Å²) in [6.45, 7) is 0.565. The Labute approximate surface area is 201 Å². The number of carbonyl (C=O) groups excluding carboxylic acids is 1. The van der Waals surface area contributed by atoms with Gasteiger partial charge in [-0.25, -0.2) is 18.7 Å². The summed E-state index contributed by atoms with van der Waals surface area (Å²) in [5.74, 6) is -4.78. The first kappa shape index (κ1) is 25.0. The van der Waals surface area contributed by atoms with Crippen molar-refractivity contribution in [3.05, 3.63) is 59.7 Å². The number of amides is 1. The van der Waals surface area contributed by atoms with Crippen LogP contribution in [0.4, 0.5) is 27.9 Å². The summed E-state index contributed by atoms with van der Waals surface area (Å²) >= 11 is 0. The van der Waals surface area contributed by atoms with E-state index in [9.17, 15) is 32.0 Å². The van der Waals surface area contributed by atoms with E-state index in [-0.39, 0.29) is 29.3 Å². The first-order valence-corrected chi connectivity index (χ1v) is 10.7. The zero-order valence-electron chi connectivity index (χ0n) is 18.7. The number of nitrogens with one attached hydrogen (secondary N) is 1. The number of carbonyl (C=O) groups is 1. The predicted molar refractivity (Wildman–Crippen MR) is 115 cm³/mol. The number of nitrogens with zero attached hydrogens (tertiary/aromatic N) is 7. The van der Waals surface area contributed by atoms with Crippen LogP contribution in [0.25, 0.3) is 5.69 Å². The van der Waals surface area contributed by atoms with Crippen LogP contribution in [-0.4, -0.2) is 60.8 Å². The number of anilines is 1. The third-order valence-corrected chi connectivity index (χ3v) is 5.78. The van der Waals surface area contributed by atoms with E-state index in [4.69, 9.17) is 0 Å². The van der Waals surface area contributed by atoms with Gasteiger partial charge in [0.1, 0.15) is 0 Å². The van der Waals surface area contributed by atoms with Gasteiger partial charge in [0.05, 0.1) is 53.4 Å². The number of likely N-dealkylation sites (tertiary alicyclic amines) is 1. The number of nitriles is 1. The predicted octanol–water partition coefficient (Wildman–Crippen LogP) is 3.55. The Kier molecular flexibility index (Phi) is 6.57. The molecule has 188 valence electrons. The largest absolute Gasteiger partial charge is 0.419 e. The van der Waals surface area contributed by atoms with Crippen LogP contribution in [0.2, 0.25) is 0 Å². The van der Waals surface area contributed by atoms with Gasteiger partial charge >= 0.3 is 6.18 Å². The highest BCUT2D eigenvalue weighted by Crippen LogP contribution is 2.36. The van der Waals surface area contributed by atoms with Crippen LogP contribution in [0.5, 0.6) is 0 Å². The molecule has 9 nitrogen and oxygen atoms in total. The van der Waals surface area contributed by atoms with Crippen LogP contribution < -0.4 is 5.32 Å². The summed E-state index contributed by atoms with van der Waals surface area (Å²) in [6, 6.07) is 5.31. The molecule has 1 aliphatic rings. The number of halogens is 5. The third kappa shape index (κ3) is 5.24. The molecule has 3 heterocycles. The van der Waals surface area contributed by atoms with Crippen molar-refractivity contribution >= 4 is 11.9 Å². The lowest BCUT2D eigenvalue weighted by Gasteiger charge is -2.43. The number of hydrogen-bond acceptors (Lipinski definition) is 7. The highest BCUT2D eigenvalue weighted by Gasteiger charge is 2.46. The Hall–Kier alpha value is -4.15. The van der Waals surface area contributed by atoms with Crippen molar-refractivity contribution in [2.75, 3.05) is 18.4 Å². The lowest BCUT2D eigenvalue weighted by molar-refractivity contribution is -0.138. The number of benzene rings is 1. The van der Waals surface area contributed by atoms with Gasteiger partial charge in [-0.2, -0.15) is 33.4 Å². The topological polar surface area (TPSA) is 113 Å². The van der Waals surface area contributed by atoms with E-state index in [2.05, 4.69) is 25.5 Å². The molecule has 2 aromatic heterocycles. The van der Waals surface area contributed by atoms with E-state index >= 15 is 0 Å². The second-order valence-electron chi connectivity index (χ2n) is 8.37. The Balaban J connectivity index is 1.64. The molecule has 3 aromatic rings. The van der Waals surface area contributed by atoms with Crippen LogP contribution in [0.15, 0.2) is 43.0 Å². The first-order valence-electron chi connectivity index (χ1n) is 10.7. The quantitative estimate of drug-likeness (QED) is 0.527. The van der Waals surface area contributed by atoms with Gasteiger partial charge in [-0.3, -0.25) is 4.79 Å². The third-order valence-electron chi connectivity index (χ3n) is 5.78. The molecule has 1 N–H and O–H groups in total. The molecule has 4 rings (SSSR count). The van der Waals surface area contributed by atoms with Gasteiger partial charge in [0.15, 0.2) is 0 Å². The van der Waals surface area contributed by atoms with E-state index < -0.39 is 48.5 Å². The molecule has 0 aliphatic carbocycles. The van der Waals surface area contributed by atoms with Gasteiger partial charge < -0.3 is 10.2 Å².